The zero-order valence-electron chi connectivity index (χ0n) is 15.9. The molecule has 2 aliphatic heterocycles. The lowest BCUT2D eigenvalue weighted by Crippen LogP contribution is -2.54. The summed E-state index contributed by atoms with van der Waals surface area (Å²) in [7, 11) is 1.60. The van der Waals surface area contributed by atoms with Crippen molar-refractivity contribution >= 4 is 17.7 Å². The first-order valence-corrected chi connectivity index (χ1v) is 9.43. The van der Waals surface area contributed by atoms with Crippen molar-refractivity contribution in [2.75, 3.05) is 38.6 Å². The van der Waals surface area contributed by atoms with E-state index >= 15 is 0 Å². The van der Waals surface area contributed by atoms with Gasteiger partial charge in [0.2, 0.25) is 0 Å². The largest absolute Gasteiger partial charge is 0.497 e. The molecule has 2 fully saturated rings. The molecule has 146 valence electrons. The van der Waals surface area contributed by atoms with Crippen LogP contribution in [0.5, 0.6) is 5.75 Å². The fourth-order valence-electron chi connectivity index (χ4n) is 3.80. The smallest absolute Gasteiger partial charge is 0.321 e. The van der Waals surface area contributed by atoms with Crippen LogP contribution in [0.2, 0.25) is 0 Å². The average molecular weight is 380 g/mol. The van der Waals surface area contributed by atoms with Crippen molar-refractivity contribution in [1.82, 2.24) is 14.7 Å². The topological polar surface area (TPSA) is 65.1 Å². The van der Waals surface area contributed by atoms with Crippen molar-refractivity contribution in [3.8, 4) is 5.75 Å². The molecule has 2 saturated heterocycles. The quantitative estimate of drug-likeness (QED) is 0.887. The predicted octanol–water partition coefficient (Wildman–Crippen LogP) is 2.85. The van der Waals surface area contributed by atoms with Gasteiger partial charge < -0.3 is 24.8 Å². The zero-order valence-corrected chi connectivity index (χ0v) is 15.9. The molecule has 1 unspecified atom stereocenters. The molecule has 2 heterocycles. The molecule has 4 amide bonds. The molecule has 0 aliphatic carbocycles. The Hall–Kier alpha value is -3.22. The Balaban J connectivity index is 1.37. The first-order chi connectivity index (χ1) is 13.6. The summed E-state index contributed by atoms with van der Waals surface area (Å²) in [6.45, 7) is 2.85. The van der Waals surface area contributed by atoms with Crippen LogP contribution in [-0.2, 0) is 6.54 Å². The maximum atomic E-state index is 12.7. The van der Waals surface area contributed by atoms with Crippen LogP contribution in [0, 0.1) is 0 Å². The number of hydrogen-bond acceptors (Lipinski definition) is 3. The van der Waals surface area contributed by atoms with Crippen molar-refractivity contribution in [3.63, 3.8) is 0 Å². The van der Waals surface area contributed by atoms with Gasteiger partial charge in [0.25, 0.3) is 0 Å². The first kappa shape index (κ1) is 18.2. The number of methoxy groups -OCH3 is 1. The third-order valence-electron chi connectivity index (χ3n) is 5.25. The van der Waals surface area contributed by atoms with Crippen LogP contribution in [-0.4, -0.2) is 66.1 Å². The SMILES string of the molecule is COc1cccc(NC(=O)N2CCN3C(=O)N(Cc4ccccc4)CC3C2)c1. The van der Waals surface area contributed by atoms with Gasteiger partial charge in [0.05, 0.1) is 13.2 Å². The Kier molecular flexibility index (Phi) is 5.06. The van der Waals surface area contributed by atoms with Crippen LogP contribution >= 0.6 is 0 Å². The summed E-state index contributed by atoms with van der Waals surface area (Å²) in [6, 6.07) is 17.2. The van der Waals surface area contributed by atoms with E-state index in [1.54, 1.807) is 18.1 Å². The molecule has 0 saturated carbocycles. The second-order valence-electron chi connectivity index (χ2n) is 7.10. The monoisotopic (exact) mass is 380 g/mol. The van der Waals surface area contributed by atoms with Crippen molar-refractivity contribution in [2.45, 2.75) is 12.6 Å². The number of nitrogens with one attached hydrogen (secondary N) is 1. The van der Waals surface area contributed by atoms with E-state index in [4.69, 9.17) is 4.74 Å². The molecule has 28 heavy (non-hydrogen) atoms. The molecule has 2 aromatic rings. The molecule has 0 radical (unpaired) electrons. The molecule has 1 N–H and O–H groups in total. The van der Waals surface area contributed by atoms with Crippen molar-refractivity contribution < 1.29 is 14.3 Å². The van der Waals surface area contributed by atoms with Gasteiger partial charge in [-0.05, 0) is 17.7 Å². The molecule has 2 aromatic carbocycles. The van der Waals surface area contributed by atoms with Crippen LogP contribution in [0.3, 0.4) is 0 Å². The van der Waals surface area contributed by atoms with Crippen LogP contribution in [0.4, 0.5) is 15.3 Å². The van der Waals surface area contributed by atoms with Crippen molar-refractivity contribution in [1.29, 1.82) is 0 Å². The van der Waals surface area contributed by atoms with Crippen LogP contribution < -0.4 is 10.1 Å². The van der Waals surface area contributed by atoms with E-state index in [-0.39, 0.29) is 18.1 Å². The van der Waals surface area contributed by atoms with Gasteiger partial charge in [0.15, 0.2) is 0 Å². The number of amides is 4. The summed E-state index contributed by atoms with van der Waals surface area (Å²) in [6.07, 6.45) is 0. The number of nitrogens with zero attached hydrogens (tertiary/aromatic N) is 3. The highest BCUT2D eigenvalue weighted by Crippen LogP contribution is 2.23. The number of hydrogen-bond donors (Lipinski definition) is 1. The zero-order chi connectivity index (χ0) is 19.5. The van der Waals surface area contributed by atoms with Crippen LogP contribution in [0.1, 0.15) is 5.56 Å². The normalized spacial score (nSPS) is 18.8. The lowest BCUT2D eigenvalue weighted by molar-refractivity contribution is 0.135. The van der Waals surface area contributed by atoms with Gasteiger partial charge in [-0.2, -0.15) is 0 Å². The maximum absolute atomic E-state index is 12.7. The Morgan fingerprint density at radius 3 is 2.71 bits per heavy atom. The number of rotatable bonds is 4. The van der Waals surface area contributed by atoms with E-state index in [2.05, 4.69) is 5.32 Å². The minimum absolute atomic E-state index is 0.0287. The van der Waals surface area contributed by atoms with Gasteiger partial charge in [-0.15, -0.1) is 0 Å². The Morgan fingerprint density at radius 1 is 1.11 bits per heavy atom. The molecule has 0 spiro atoms. The number of anilines is 1. The van der Waals surface area contributed by atoms with Crippen molar-refractivity contribution in [2.24, 2.45) is 0 Å². The van der Waals surface area contributed by atoms with E-state index in [0.29, 0.717) is 44.2 Å². The summed E-state index contributed by atoms with van der Waals surface area (Å²) < 4.78 is 5.20. The summed E-state index contributed by atoms with van der Waals surface area (Å²) >= 11 is 0. The van der Waals surface area contributed by atoms with Crippen LogP contribution in [0.15, 0.2) is 54.6 Å². The number of benzene rings is 2. The predicted molar refractivity (Wildman–Crippen MR) is 106 cm³/mol. The van der Waals surface area contributed by atoms with E-state index in [9.17, 15) is 9.59 Å². The summed E-state index contributed by atoms with van der Waals surface area (Å²) in [4.78, 5) is 30.9. The summed E-state index contributed by atoms with van der Waals surface area (Å²) in [5, 5.41) is 2.92. The fraction of sp³-hybridized carbons (Fsp3) is 0.333. The number of carbonyl (C=O) groups is 2. The minimum Gasteiger partial charge on any atom is -0.497 e. The number of carbonyl (C=O) groups excluding carboxylic acids is 2. The summed E-state index contributed by atoms with van der Waals surface area (Å²) in [5.41, 5.74) is 1.81. The molecular weight excluding hydrogens is 356 g/mol. The lowest BCUT2D eigenvalue weighted by atomic mass is 10.2. The molecule has 2 aliphatic rings. The average Bonchev–Trinajstić information content (AvgIpc) is 3.03. The van der Waals surface area contributed by atoms with E-state index in [1.165, 1.54) is 0 Å². The minimum atomic E-state index is -0.151. The molecule has 7 heteroatoms. The van der Waals surface area contributed by atoms with E-state index in [0.717, 1.165) is 5.56 Å². The Labute approximate surface area is 164 Å². The standard InChI is InChI=1S/C21H24N4O3/c1-28-19-9-5-8-17(12-19)22-20(26)23-10-11-25-18(14-23)15-24(21(25)27)13-16-6-3-2-4-7-16/h2-9,12,18H,10-11,13-15H2,1H3,(H,22,26). The Morgan fingerprint density at radius 2 is 1.93 bits per heavy atom. The summed E-state index contributed by atoms with van der Waals surface area (Å²) in [5.74, 6) is 0.695. The van der Waals surface area contributed by atoms with Gasteiger partial charge >= 0.3 is 12.1 Å². The molecule has 1 atom stereocenters. The first-order valence-electron chi connectivity index (χ1n) is 9.43. The number of ether oxygens (including phenoxy) is 1. The Bertz CT molecular complexity index is 858. The van der Waals surface area contributed by atoms with Gasteiger partial charge in [-0.3, -0.25) is 0 Å². The molecular formula is C21H24N4O3. The third kappa shape index (κ3) is 3.74. The second kappa shape index (κ2) is 7.80. The van der Waals surface area contributed by atoms with Gasteiger partial charge in [0.1, 0.15) is 5.75 Å². The van der Waals surface area contributed by atoms with Gasteiger partial charge in [0, 0.05) is 44.5 Å². The number of piperazine rings is 1. The highest BCUT2D eigenvalue weighted by atomic mass is 16.5. The van der Waals surface area contributed by atoms with Crippen LogP contribution in [0.25, 0.3) is 0 Å². The molecule has 0 bridgehead atoms. The molecule has 4 rings (SSSR count). The van der Waals surface area contributed by atoms with E-state index in [1.807, 2.05) is 58.3 Å². The second-order valence-corrected chi connectivity index (χ2v) is 7.10. The van der Waals surface area contributed by atoms with Gasteiger partial charge in [-0.25, -0.2) is 9.59 Å². The lowest BCUT2D eigenvalue weighted by Gasteiger charge is -2.36. The highest BCUT2D eigenvalue weighted by molar-refractivity contribution is 5.90. The maximum Gasteiger partial charge on any atom is 0.321 e. The number of fused-ring (bicyclic) bond motifs is 1. The van der Waals surface area contributed by atoms with Gasteiger partial charge in [-0.1, -0.05) is 36.4 Å². The fourth-order valence-corrected chi connectivity index (χ4v) is 3.80. The third-order valence-corrected chi connectivity index (χ3v) is 5.25. The van der Waals surface area contributed by atoms with Crippen molar-refractivity contribution in [3.05, 3.63) is 60.2 Å². The van der Waals surface area contributed by atoms with E-state index < -0.39 is 0 Å². The molecule has 0 aromatic heterocycles. The number of urea groups is 2. The highest BCUT2D eigenvalue weighted by Gasteiger charge is 2.41. The molecule has 7 nitrogen and oxygen atoms in total.